The van der Waals surface area contributed by atoms with Crippen molar-refractivity contribution in [1.82, 2.24) is 0 Å². The molecule has 0 amide bonds. The van der Waals surface area contributed by atoms with E-state index in [1.54, 1.807) is 0 Å². The number of anilines is 1. The van der Waals surface area contributed by atoms with Crippen LogP contribution in [0.3, 0.4) is 0 Å². The average molecular weight is 333 g/mol. The molecule has 2 aliphatic rings. The largest absolute Gasteiger partial charge is 0.344 e. The summed E-state index contributed by atoms with van der Waals surface area (Å²) < 4.78 is 0. The Morgan fingerprint density at radius 1 is 0.615 bits per heavy atom. The zero-order valence-electron chi connectivity index (χ0n) is 14.7. The molecule has 1 aliphatic heterocycles. The van der Waals surface area contributed by atoms with E-state index in [0.717, 1.165) is 0 Å². The van der Waals surface area contributed by atoms with Gasteiger partial charge in [0.05, 0.1) is 0 Å². The number of fused-ring (bicyclic) bond motifs is 4. The van der Waals surface area contributed by atoms with Gasteiger partial charge in [-0.1, -0.05) is 78.9 Å². The van der Waals surface area contributed by atoms with Gasteiger partial charge in [-0.2, -0.15) is 0 Å². The van der Waals surface area contributed by atoms with Gasteiger partial charge < -0.3 is 4.90 Å². The molecule has 1 nitrogen and oxygen atoms in total. The zero-order chi connectivity index (χ0) is 17.5. The standard InChI is InChI=1S/C25H19N/c1-26-19(15-14-18-8-2-7-13-25(18)26)16-17-24-22-11-5-3-9-20(22)21-10-4-6-12-23(21)24/h2-17H,1H3/b19-16+. The number of allylic oxidation sites excluding steroid dienone is 3. The van der Waals surface area contributed by atoms with Crippen molar-refractivity contribution < 1.29 is 0 Å². The minimum absolute atomic E-state index is 1.19. The van der Waals surface area contributed by atoms with E-state index in [0.29, 0.717) is 0 Å². The van der Waals surface area contributed by atoms with Crippen molar-refractivity contribution in [2.45, 2.75) is 0 Å². The molecule has 124 valence electrons. The van der Waals surface area contributed by atoms with E-state index in [9.17, 15) is 0 Å². The van der Waals surface area contributed by atoms with Gasteiger partial charge in [-0.3, -0.25) is 0 Å². The first-order chi connectivity index (χ1) is 12.8. The summed E-state index contributed by atoms with van der Waals surface area (Å²) in [4.78, 5) is 2.25. The second kappa shape index (κ2) is 5.89. The minimum atomic E-state index is 1.19. The molecule has 0 radical (unpaired) electrons. The predicted octanol–water partition coefficient (Wildman–Crippen LogP) is 6.15. The van der Waals surface area contributed by atoms with Crippen LogP contribution >= 0.6 is 0 Å². The molecule has 0 fully saturated rings. The first-order valence-corrected chi connectivity index (χ1v) is 8.95. The van der Waals surface area contributed by atoms with Gasteiger partial charge in [0, 0.05) is 18.4 Å². The normalized spacial score (nSPS) is 15.7. The highest BCUT2D eigenvalue weighted by molar-refractivity contribution is 6.01. The highest BCUT2D eigenvalue weighted by Crippen LogP contribution is 2.44. The van der Waals surface area contributed by atoms with Crippen molar-refractivity contribution in [3.05, 3.63) is 113 Å². The summed E-state index contributed by atoms with van der Waals surface area (Å²) in [6.45, 7) is 0. The van der Waals surface area contributed by atoms with Crippen molar-refractivity contribution in [1.29, 1.82) is 0 Å². The number of likely N-dealkylation sites (N-methyl/N-ethyl adjacent to an activating group) is 1. The Balaban J connectivity index is 1.61. The lowest BCUT2D eigenvalue weighted by Crippen LogP contribution is -2.18. The Morgan fingerprint density at radius 2 is 1.19 bits per heavy atom. The maximum atomic E-state index is 2.26. The van der Waals surface area contributed by atoms with Gasteiger partial charge >= 0.3 is 0 Å². The van der Waals surface area contributed by atoms with Crippen molar-refractivity contribution in [3.8, 4) is 11.1 Å². The third kappa shape index (κ3) is 2.25. The second-order valence-electron chi connectivity index (χ2n) is 6.71. The lowest BCUT2D eigenvalue weighted by Gasteiger charge is -2.26. The van der Waals surface area contributed by atoms with Crippen LogP contribution in [-0.4, -0.2) is 7.05 Å². The summed E-state index contributed by atoms with van der Waals surface area (Å²) in [5.74, 6) is 0. The van der Waals surface area contributed by atoms with E-state index in [2.05, 4.69) is 109 Å². The summed E-state index contributed by atoms with van der Waals surface area (Å²) in [5, 5.41) is 0. The second-order valence-corrected chi connectivity index (χ2v) is 6.71. The van der Waals surface area contributed by atoms with E-state index in [4.69, 9.17) is 0 Å². The van der Waals surface area contributed by atoms with Crippen LogP contribution in [0.5, 0.6) is 0 Å². The number of hydrogen-bond donors (Lipinski definition) is 0. The van der Waals surface area contributed by atoms with Crippen molar-refractivity contribution in [2.24, 2.45) is 0 Å². The molecule has 26 heavy (non-hydrogen) atoms. The molecule has 0 aromatic heterocycles. The Bertz CT molecular complexity index is 1050. The maximum Gasteiger partial charge on any atom is 0.0481 e. The van der Waals surface area contributed by atoms with Crippen molar-refractivity contribution in [3.63, 3.8) is 0 Å². The third-order valence-corrected chi connectivity index (χ3v) is 5.26. The molecule has 5 rings (SSSR count). The molecular formula is C25H19N. The Morgan fingerprint density at radius 3 is 1.88 bits per heavy atom. The van der Waals surface area contributed by atoms with Gasteiger partial charge in [-0.05, 0) is 51.6 Å². The van der Waals surface area contributed by atoms with Crippen molar-refractivity contribution in [2.75, 3.05) is 11.9 Å². The molecular weight excluding hydrogens is 314 g/mol. The molecule has 0 spiro atoms. The van der Waals surface area contributed by atoms with Crippen LogP contribution in [0.15, 0.2) is 96.7 Å². The number of para-hydroxylation sites is 1. The summed E-state index contributed by atoms with van der Waals surface area (Å²) in [6, 6.07) is 25.8. The zero-order valence-corrected chi connectivity index (χ0v) is 14.7. The van der Waals surface area contributed by atoms with Crippen LogP contribution in [-0.2, 0) is 0 Å². The molecule has 1 heterocycles. The van der Waals surface area contributed by atoms with Crippen LogP contribution in [0.4, 0.5) is 5.69 Å². The molecule has 0 saturated heterocycles. The molecule has 0 bridgehead atoms. The highest BCUT2D eigenvalue weighted by Gasteiger charge is 2.22. The highest BCUT2D eigenvalue weighted by atomic mass is 15.1. The predicted molar refractivity (Wildman–Crippen MR) is 111 cm³/mol. The molecule has 3 aromatic rings. The third-order valence-electron chi connectivity index (χ3n) is 5.26. The number of rotatable bonds is 1. The molecule has 1 heteroatoms. The van der Waals surface area contributed by atoms with Gasteiger partial charge in [0.25, 0.3) is 0 Å². The first kappa shape index (κ1) is 15.0. The lowest BCUT2D eigenvalue weighted by atomic mass is 10.0. The maximum absolute atomic E-state index is 2.26. The number of hydrogen-bond acceptors (Lipinski definition) is 1. The van der Waals surface area contributed by atoms with Crippen LogP contribution in [0.1, 0.15) is 16.7 Å². The fourth-order valence-electron chi connectivity index (χ4n) is 3.93. The topological polar surface area (TPSA) is 3.24 Å². The van der Waals surface area contributed by atoms with Gasteiger partial charge in [0.2, 0.25) is 0 Å². The smallest absolute Gasteiger partial charge is 0.0481 e. The van der Waals surface area contributed by atoms with Gasteiger partial charge in [-0.25, -0.2) is 0 Å². The molecule has 1 aliphatic carbocycles. The molecule has 3 aromatic carbocycles. The Hall–Kier alpha value is -3.32. The molecule has 0 N–H and O–H groups in total. The summed E-state index contributed by atoms with van der Waals surface area (Å²) >= 11 is 0. The minimum Gasteiger partial charge on any atom is -0.344 e. The molecule has 0 saturated carbocycles. The monoisotopic (exact) mass is 333 g/mol. The van der Waals surface area contributed by atoms with Crippen LogP contribution in [0.2, 0.25) is 0 Å². The lowest BCUT2D eigenvalue weighted by molar-refractivity contribution is 1.12. The van der Waals surface area contributed by atoms with E-state index >= 15 is 0 Å². The van der Waals surface area contributed by atoms with E-state index in [-0.39, 0.29) is 0 Å². The van der Waals surface area contributed by atoms with Gasteiger partial charge in [0.1, 0.15) is 0 Å². The fraction of sp³-hybridized carbons (Fsp3) is 0.0400. The summed E-state index contributed by atoms with van der Waals surface area (Å²) in [7, 11) is 2.13. The first-order valence-electron chi connectivity index (χ1n) is 8.95. The van der Waals surface area contributed by atoms with E-state index in [1.807, 2.05) is 0 Å². The van der Waals surface area contributed by atoms with Gasteiger partial charge in [0.15, 0.2) is 0 Å². The van der Waals surface area contributed by atoms with Crippen molar-refractivity contribution >= 4 is 17.3 Å². The van der Waals surface area contributed by atoms with Crippen LogP contribution < -0.4 is 4.90 Å². The number of nitrogens with zero attached hydrogens (tertiary/aromatic N) is 1. The number of benzene rings is 3. The van der Waals surface area contributed by atoms with Crippen LogP contribution in [0, 0.1) is 0 Å². The SMILES string of the molecule is CN1/C(=C/C=C2c3ccccc3-c3ccccc32)C=Cc2ccccc21. The fourth-order valence-corrected chi connectivity index (χ4v) is 3.93. The van der Waals surface area contributed by atoms with Crippen LogP contribution in [0.25, 0.3) is 22.8 Å². The summed E-state index contributed by atoms with van der Waals surface area (Å²) in [5.41, 5.74) is 10.3. The Labute approximate surface area is 154 Å². The van der Waals surface area contributed by atoms with Gasteiger partial charge in [-0.15, -0.1) is 0 Å². The molecule has 0 atom stereocenters. The average Bonchev–Trinajstić information content (AvgIpc) is 3.02. The summed E-state index contributed by atoms with van der Waals surface area (Å²) in [6.07, 6.45) is 8.86. The van der Waals surface area contributed by atoms with E-state index in [1.165, 1.54) is 44.8 Å². The Kier molecular flexibility index (Phi) is 3.39. The quantitative estimate of drug-likeness (QED) is 0.404. The van der Waals surface area contributed by atoms with E-state index < -0.39 is 0 Å². The molecule has 0 unspecified atom stereocenters.